The van der Waals surface area contributed by atoms with E-state index in [0.717, 1.165) is 18.6 Å². The average molecular weight is 338 g/mol. The van der Waals surface area contributed by atoms with E-state index in [0.29, 0.717) is 16.9 Å². The normalized spacial score (nSPS) is 14.6. The molecule has 1 aromatic carbocycles. The minimum absolute atomic E-state index is 0.0623. The van der Waals surface area contributed by atoms with Crippen molar-refractivity contribution in [3.8, 4) is 0 Å². The third-order valence-electron chi connectivity index (χ3n) is 3.63. The number of carbonyl (C=O) groups excluding carboxylic acids is 1. The zero-order valence-electron chi connectivity index (χ0n) is 12.9. The van der Waals surface area contributed by atoms with Gasteiger partial charge >= 0.3 is 0 Å². The third-order valence-corrected chi connectivity index (χ3v) is 4.85. The quantitative estimate of drug-likeness (QED) is 0.570. The predicted octanol–water partition coefficient (Wildman–Crippen LogP) is 2.67. The minimum atomic E-state index is -0.0623. The molecule has 1 aliphatic carbocycles. The second-order valence-electron chi connectivity index (χ2n) is 5.61. The molecule has 0 unspecified atom stereocenters. The molecule has 4 nitrogen and oxygen atoms in total. The van der Waals surface area contributed by atoms with E-state index in [-0.39, 0.29) is 5.91 Å². The van der Waals surface area contributed by atoms with Gasteiger partial charge < -0.3 is 5.32 Å². The smallest absolute Gasteiger partial charge is 0.248 e. The van der Waals surface area contributed by atoms with Gasteiger partial charge in [0.25, 0.3) is 0 Å². The summed E-state index contributed by atoms with van der Waals surface area (Å²) in [5.41, 5.74) is 7.89. The van der Waals surface area contributed by atoms with E-state index in [1.807, 2.05) is 0 Å². The second-order valence-corrected chi connectivity index (χ2v) is 7.00. The van der Waals surface area contributed by atoms with Crippen molar-refractivity contribution < 1.29 is 4.79 Å². The van der Waals surface area contributed by atoms with Gasteiger partial charge in [-0.3, -0.25) is 15.6 Å². The van der Waals surface area contributed by atoms with Crippen molar-refractivity contribution in [1.82, 2.24) is 16.2 Å². The third kappa shape index (κ3) is 6.23. The fourth-order valence-corrected chi connectivity index (χ4v) is 3.41. The van der Waals surface area contributed by atoms with Crippen LogP contribution in [0.4, 0.5) is 0 Å². The van der Waals surface area contributed by atoms with Crippen molar-refractivity contribution in [2.75, 3.05) is 5.75 Å². The van der Waals surface area contributed by atoms with Gasteiger partial charge in [-0.05, 0) is 37.5 Å². The Morgan fingerprint density at radius 1 is 1.23 bits per heavy atom. The molecule has 0 aliphatic heterocycles. The molecule has 0 atom stereocenters. The maximum absolute atomic E-state index is 11.7. The number of thioether (sulfide) groups is 1. The van der Waals surface area contributed by atoms with E-state index in [2.05, 4.69) is 47.4 Å². The summed E-state index contributed by atoms with van der Waals surface area (Å²) in [7, 11) is 0. The Balaban J connectivity index is 1.57. The lowest BCUT2D eigenvalue weighted by Crippen LogP contribution is -2.49. The number of hydrogen-bond acceptors (Lipinski definition) is 3. The van der Waals surface area contributed by atoms with Gasteiger partial charge in [-0.1, -0.05) is 42.7 Å². The van der Waals surface area contributed by atoms with Crippen molar-refractivity contribution in [2.24, 2.45) is 0 Å². The summed E-state index contributed by atoms with van der Waals surface area (Å²) >= 11 is 6.76. The van der Waals surface area contributed by atoms with Crippen molar-refractivity contribution in [3.05, 3.63) is 35.4 Å². The molecule has 0 spiro atoms. The van der Waals surface area contributed by atoms with Crippen LogP contribution >= 0.6 is 24.0 Å². The summed E-state index contributed by atoms with van der Waals surface area (Å²) in [4.78, 5) is 11.7. The van der Waals surface area contributed by atoms with Crippen molar-refractivity contribution in [3.63, 3.8) is 0 Å². The molecule has 2 rings (SSSR count). The number of hydrogen-bond donors (Lipinski definition) is 3. The van der Waals surface area contributed by atoms with Gasteiger partial charge in [-0.25, -0.2) is 0 Å². The molecule has 1 aliphatic rings. The fraction of sp³-hybridized carbons (Fsp3) is 0.500. The van der Waals surface area contributed by atoms with Gasteiger partial charge in [0.05, 0.1) is 5.75 Å². The van der Waals surface area contributed by atoms with Crippen molar-refractivity contribution in [1.29, 1.82) is 0 Å². The predicted molar refractivity (Wildman–Crippen MR) is 96.6 cm³/mol. The molecular weight excluding hydrogens is 314 g/mol. The molecule has 0 saturated heterocycles. The first kappa shape index (κ1) is 17.1. The van der Waals surface area contributed by atoms with E-state index < -0.39 is 0 Å². The SMILES string of the molecule is Cc1ccc(CSCC(=O)NNC(=S)NC2CCCC2)cc1. The first-order chi connectivity index (χ1) is 10.6. The van der Waals surface area contributed by atoms with Crippen molar-refractivity contribution >= 4 is 35.0 Å². The number of nitrogens with one attached hydrogen (secondary N) is 3. The molecule has 6 heteroatoms. The minimum Gasteiger partial charge on any atom is -0.359 e. The van der Waals surface area contributed by atoms with Gasteiger partial charge in [0.1, 0.15) is 0 Å². The van der Waals surface area contributed by atoms with Gasteiger partial charge in [0.15, 0.2) is 5.11 Å². The molecule has 0 bridgehead atoms. The summed E-state index contributed by atoms with van der Waals surface area (Å²) in [6.45, 7) is 2.07. The lowest BCUT2D eigenvalue weighted by atomic mass is 10.2. The highest BCUT2D eigenvalue weighted by Crippen LogP contribution is 2.17. The van der Waals surface area contributed by atoms with Crippen LogP contribution in [0.3, 0.4) is 0 Å². The maximum atomic E-state index is 11.7. The Hall–Kier alpha value is -1.27. The maximum Gasteiger partial charge on any atom is 0.248 e. The molecule has 0 heterocycles. The Kier molecular flexibility index (Phi) is 6.99. The lowest BCUT2D eigenvalue weighted by Gasteiger charge is -2.16. The van der Waals surface area contributed by atoms with E-state index in [9.17, 15) is 4.79 Å². The van der Waals surface area contributed by atoms with Gasteiger partial charge in [0, 0.05) is 11.8 Å². The van der Waals surface area contributed by atoms with Crippen LogP contribution in [0.5, 0.6) is 0 Å². The standard InChI is InChI=1S/C16H23N3OS2/c1-12-6-8-13(9-7-12)10-22-11-15(20)18-19-16(21)17-14-4-2-3-5-14/h6-9,14H,2-5,10-11H2,1H3,(H,18,20)(H2,17,19,21). The van der Waals surface area contributed by atoms with Crippen molar-refractivity contribution in [2.45, 2.75) is 44.4 Å². The molecule has 1 amide bonds. The first-order valence-corrected chi connectivity index (χ1v) is 9.18. The highest BCUT2D eigenvalue weighted by Gasteiger charge is 2.15. The van der Waals surface area contributed by atoms with Crippen LogP contribution in [0, 0.1) is 6.92 Å². The second kappa shape index (κ2) is 9.00. The summed E-state index contributed by atoms with van der Waals surface area (Å²) < 4.78 is 0. The molecule has 120 valence electrons. The number of carbonyl (C=O) groups is 1. The zero-order chi connectivity index (χ0) is 15.8. The van der Waals surface area contributed by atoms with Crippen LogP contribution in [0.25, 0.3) is 0 Å². The summed E-state index contributed by atoms with van der Waals surface area (Å²) in [5.74, 6) is 1.18. The number of hydrazine groups is 1. The Morgan fingerprint density at radius 3 is 2.59 bits per heavy atom. The largest absolute Gasteiger partial charge is 0.359 e. The number of benzene rings is 1. The molecular formula is C16H23N3OS2. The monoisotopic (exact) mass is 337 g/mol. The topological polar surface area (TPSA) is 53.2 Å². The molecule has 3 N–H and O–H groups in total. The zero-order valence-corrected chi connectivity index (χ0v) is 14.5. The number of rotatable bonds is 5. The number of amides is 1. The molecule has 0 aromatic heterocycles. The Bertz CT molecular complexity index is 499. The fourth-order valence-electron chi connectivity index (χ4n) is 2.40. The lowest BCUT2D eigenvalue weighted by molar-refractivity contribution is -0.119. The van der Waals surface area contributed by atoms with E-state index in [1.54, 1.807) is 11.8 Å². The molecule has 0 radical (unpaired) electrons. The molecule has 1 saturated carbocycles. The van der Waals surface area contributed by atoms with Crippen LogP contribution < -0.4 is 16.2 Å². The van der Waals surface area contributed by atoms with E-state index >= 15 is 0 Å². The highest BCUT2D eigenvalue weighted by molar-refractivity contribution is 7.99. The van der Waals surface area contributed by atoms with Crippen LogP contribution in [-0.2, 0) is 10.5 Å². The summed E-state index contributed by atoms with van der Waals surface area (Å²) in [6.07, 6.45) is 4.81. The van der Waals surface area contributed by atoms with E-state index in [1.165, 1.54) is 24.0 Å². The highest BCUT2D eigenvalue weighted by atomic mass is 32.2. The van der Waals surface area contributed by atoms with Crippen LogP contribution in [-0.4, -0.2) is 22.8 Å². The van der Waals surface area contributed by atoms with Crippen LogP contribution in [0.2, 0.25) is 0 Å². The average Bonchev–Trinajstić information content (AvgIpc) is 3.00. The van der Waals surface area contributed by atoms with Gasteiger partial charge in [-0.2, -0.15) is 0 Å². The van der Waals surface area contributed by atoms with Crippen LogP contribution in [0.1, 0.15) is 36.8 Å². The van der Waals surface area contributed by atoms with E-state index in [4.69, 9.17) is 12.2 Å². The van der Waals surface area contributed by atoms with Gasteiger partial charge in [-0.15, -0.1) is 11.8 Å². The molecule has 1 aromatic rings. The molecule has 22 heavy (non-hydrogen) atoms. The summed E-state index contributed by atoms with van der Waals surface area (Å²) in [5, 5.41) is 3.72. The first-order valence-electron chi connectivity index (χ1n) is 7.62. The Labute approximate surface area is 141 Å². The molecule has 1 fully saturated rings. The number of aryl methyl sites for hydroxylation is 1. The van der Waals surface area contributed by atoms with Crippen LogP contribution in [0.15, 0.2) is 24.3 Å². The Morgan fingerprint density at radius 2 is 1.91 bits per heavy atom. The summed E-state index contributed by atoms with van der Waals surface area (Å²) in [6, 6.07) is 8.82. The van der Waals surface area contributed by atoms with Gasteiger partial charge in [0.2, 0.25) is 5.91 Å². The number of thiocarbonyl (C=S) groups is 1.